The van der Waals surface area contributed by atoms with E-state index in [1.165, 1.54) is 18.7 Å². The molecular weight excluding hydrogens is 390 g/mol. The van der Waals surface area contributed by atoms with Crippen LogP contribution in [0.5, 0.6) is 0 Å². The molecule has 0 aromatic heterocycles. The zero-order valence-corrected chi connectivity index (χ0v) is 17.0. The minimum absolute atomic E-state index is 0.172. The highest BCUT2D eigenvalue weighted by atomic mass is 16.6. The van der Waals surface area contributed by atoms with Gasteiger partial charge < -0.3 is 20.1 Å². The number of nitrogens with one attached hydrogen (secondary N) is 2. The second-order valence-corrected chi connectivity index (χ2v) is 7.22. The SMILES string of the molecule is CC(=O)NC[C@H]1CN(c2ccc(C3=CC(C(=O)COC(C)=O)NCC3)cc2)C(=O)O1. The molecule has 2 N–H and O–H groups in total. The van der Waals surface area contributed by atoms with E-state index in [0.29, 0.717) is 18.8 Å². The third kappa shape index (κ3) is 5.44. The highest BCUT2D eigenvalue weighted by Crippen LogP contribution is 2.26. The van der Waals surface area contributed by atoms with Crippen LogP contribution in [0, 0.1) is 0 Å². The molecule has 2 atom stereocenters. The number of Topliss-reactive ketones (excluding diaryl/α,β-unsaturated/α-hetero) is 1. The fourth-order valence-corrected chi connectivity index (χ4v) is 3.37. The Labute approximate surface area is 174 Å². The zero-order valence-electron chi connectivity index (χ0n) is 17.0. The van der Waals surface area contributed by atoms with E-state index in [9.17, 15) is 19.2 Å². The van der Waals surface area contributed by atoms with Crippen LogP contribution in [0.1, 0.15) is 25.8 Å². The molecule has 2 aliphatic heterocycles. The van der Waals surface area contributed by atoms with Gasteiger partial charge in [-0.05, 0) is 29.7 Å². The van der Waals surface area contributed by atoms with Gasteiger partial charge in [0, 0.05) is 26.1 Å². The van der Waals surface area contributed by atoms with Gasteiger partial charge in [-0.2, -0.15) is 0 Å². The van der Waals surface area contributed by atoms with E-state index >= 15 is 0 Å². The van der Waals surface area contributed by atoms with Crippen LogP contribution in [0.25, 0.3) is 5.57 Å². The van der Waals surface area contributed by atoms with Crippen molar-refractivity contribution in [2.45, 2.75) is 32.4 Å². The summed E-state index contributed by atoms with van der Waals surface area (Å²) in [5, 5.41) is 5.76. The van der Waals surface area contributed by atoms with Crippen molar-refractivity contribution in [2.24, 2.45) is 0 Å². The number of hydrogen-bond donors (Lipinski definition) is 2. The van der Waals surface area contributed by atoms with Crippen LogP contribution in [0.15, 0.2) is 30.3 Å². The lowest BCUT2D eigenvalue weighted by Gasteiger charge is -2.22. The Bertz CT molecular complexity index is 864. The normalized spacial score (nSPS) is 20.9. The lowest BCUT2D eigenvalue weighted by Crippen LogP contribution is -2.40. The van der Waals surface area contributed by atoms with Gasteiger partial charge in [-0.1, -0.05) is 18.2 Å². The Morgan fingerprint density at radius 2 is 1.97 bits per heavy atom. The van der Waals surface area contributed by atoms with Gasteiger partial charge in [0.15, 0.2) is 12.4 Å². The van der Waals surface area contributed by atoms with Crippen LogP contribution >= 0.6 is 0 Å². The summed E-state index contributed by atoms with van der Waals surface area (Å²) < 4.78 is 10.1. The van der Waals surface area contributed by atoms with E-state index in [-0.39, 0.29) is 24.8 Å². The van der Waals surface area contributed by atoms with Crippen molar-refractivity contribution in [3.8, 4) is 0 Å². The summed E-state index contributed by atoms with van der Waals surface area (Å²) in [6, 6.07) is 6.95. The molecular formula is C21H25N3O6. The van der Waals surface area contributed by atoms with E-state index in [1.807, 2.05) is 30.3 Å². The number of benzene rings is 1. The summed E-state index contributed by atoms with van der Waals surface area (Å²) >= 11 is 0. The lowest BCUT2D eigenvalue weighted by molar-refractivity contribution is -0.146. The quantitative estimate of drug-likeness (QED) is 0.639. The Kier molecular flexibility index (Phi) is 6.83. The van der Waals surface area contributed by atoms with Crippen LogP contribution in [0.3, 0.4) is 0 Å². The fraction of sp³-hybridized carbons (Fsp3) is 0.429. The molecule has 160 valence electrons. The predicted octanol–water partition coefficient (Wildman–Crippen LogP) is 1.03. The maximum absolute atomic E-state index is 12.2. The topological polar surface area (TPSA) is 114 Å². The number of carbonyl (C=O) groups is 4. The van der Waals surface area contributed by atoms with Gasteiger partial charge in [-0.3, -0.25) is 19.3 Å². The number of ketones is 1. The highest BCUT2D eigenvalue weighted by molar-refractivity contribution is 5.92. The van der Waals surface area contributed by atoms with E-state index in [2.05, 4.69) is 10.6 Å². The smallest absolute Gasteiger partial charge is 0.414 e. The number of ether oxygens (including phenoxy) is 2. The van der Waals surface area contributed by atoms with Gasteiger partial charge in [0.1, 0.15) is 6.10 Å². The minimum atomic E-state index is -0.504. The van der Waals surface area contributed by atoms with Crippen LogP contribution in [0.4, 0.5) is 10.5 Å². The summed E-state index contributed by atoms with van der Waals surface area (Å²) in [5.41, 5.74) is 2.66. The maximum Gasteiger partial charge on any atom is 0.414 e. The number of esters is 1. The number of cyclic esters (lactones) is 1. The molecule has 0 aliphatic carbocycles. The molecule has 0 bridgehead atoms. The molecule has 1 aromatic carbocycles. The molecule has 2 aliphatic rings. The van der Waals surface area contributed by atoms with E-state index in [0.717, 1.165) is 17.6 Å². The first-order valence-electron chi connectivity index (χ1n) is 9.76. The standard InChI is InChI=1S/C21H25N3O6/c1-13(25)23-10-18-11-24(21(28)30-18)17-5-3-15(4-6-17)16-7-8-22-19(9-16)20(27)12-29-14(2)26/h3-6,9,18-19,22H,7-8,10-12H2,1-2H3,(H,23,25)/t18-,19?/m0/s1. The van der Waals surface area contributed by atoms with Crippen molar-refractivity contribution in [3.63, 3.8) is 0 Å². The van der Waals surface area contributed by atoms with Crippen molar-refractivity contribution in [2.75, 3.05) is 31.1 Å². The third-order valence-corrected chi connectivity index (χ3v) is 4.89. The molecule has 9 heteroatoms. The molecule has 0 spiro atoms. The van der Waals surface area contributed by atoms with Crippen LogP contribution in [-0.2, 0) is 23.9 Å². The number of hydrogen-bond acceptors (Lipinski definition) is 7. The highest BCUT2D eigenvalue weighted by Gasteiger charge is 2.32. The van der Waals surface area contributed by atoms with Gasteiger partial charge in [-0.15, -0.1) is 0 Å². The lowest BCUT2D eigenvalue weighted by atomic mass is 9.95. The number of rotatable bonds is 7. The van der Waals surface area contributed by atoms with Gasteiger partial charge >= 0.3 is 12.1 Å². The van der Waals surface area contributed by atoms with Crippen LogP contribution in [-0.4, -0.2) is 62.1 Å². The minimum Gasteiger partial charge on any atom is -0.458 e. The van der Waals surface area contributed by atoms with Crippen molar-refractivity contribution in [1.82, 2.24) is 10.6 Å². The van der Waals surface area contributed by atoms with Gasteiger partial charge in [0.25, 0.3) is 0 Å². The third-order valence-electron chi connectivity index (χ3n) is 4.89. The molecule has 3 rings (SSSR count). The Morgan fingerprint density at radius 1 is 1.23 bits per heavy atom. The molecule has 1 aromatic rings. The molecule has 2 amide bonds. The second kappa shape index (κ2) is 9.53. The molecule has 30 heavy (non-hydrogen) atoms. The first-order chi connectivity index (χ1) is 14.3. The largest absolute Gasteiger partial charge is 0.458 e. The summed E-state index contributed by atoms with van der Waals surface area (Å²) in [4.78, 5) is 47.8. The first kappa shape index (κ1) is 21.5. The van der Waals surface area contributed by atoms with E-state index < -0.39 is 24.2 Å². The van der Waals surface area contributed by atoms with Crippen LogP contribution < -0.4 is 15.5 Å². The first-order valence-corrected chi connectivity index (χ1v) is 9.76. The van der Waals surface area contributed by atoms with Gasteiger partial charge in [0.05, 0.1) is 19.1 Å². The van der Waals surface area contributed by atoms with Crippen molar-refractivity contribution < 1.29 is 28.7 Å². The summed E-state index contributed by atoms with van der Waals surface area (Å²) in [6.45, 7) is 3.69. The van der Waals surface area contributed by atoms with Crippen molar-refractivity contribution >= 4 is 35.0 Å². The average Bonchev–Trinajstić information content (AvgIpc) is 3.11. The molecule has 1 fully saturated rings. The van der Waals surface area contributed by atoms with Gasteiger partial charge in [-0.25, -0.2) is 4.79 Å². The number of anilines is 1. The molecule has 9 nitrogen and oxygen atoms in total. The predicted molar refractivity (Wildman–Crippen MR) is 109 cm³/mol. The Morgan fingerprint density at radius 3 is 2.63 bits per heavy atom. The maximum atomic E-state index is 12.2. The molecule has 0 radical (unpaired) electrons. The van der Waals surface area contributed by atoms with Crippen molar-refractivity contribution in [3.05, 3.63) is 35.9 Å². The molecule has 0 saturated carbocycles. The zero-order chi connectivity index (χ0) is 21.7. The Hall–Kier alpha value is -3.20. The molecule has 1 saturated heterocycles. The fourth-order valence-electron chi connectivity index (χ4n) is 3.37. The monoisotopic (exact) mass is 415 g/mol. The van der Waals surface area contributed by atoms with E-state index in [1.54, 1.807) is 0 Å². The van der Waals surface area contributed by atoms with Crippen LogP contribution in [0.2, 0.25) is 0 Å². The number of nitrogens with zero attached hydrogens (tertiary/aromatic N) is 1. The van der Waals surface area contributed by atoms with Gasteiger partial charge in [0.2, 0.25) is 5.91 Å². The Balaban J connectivity index is 1.65. The molecule has 2 heterocycles. The second-order valence-electron chi connectivity index (χ2n) is 7.22. The molecule has 1 unspecified atom stereocenters. The summed E-state index contributed by atoms with van der Waals surface area (Å²) in [6.07, 6.45) is 1.76. The number of amides is 2. The summed E-state index contributed by atoms with van der Waals surface area (Å²) in [7, 11) is 0. The number of carbonyl (C=O) groups excluding carboxylic acids is 4. The van der Waals surface area contributed by atoms with Crippen molar-refractivity contribution in [1.29, 1.82) is 0 Å². The summed E-state index contributed by atoms with van der Waals surface area (Å²) in [5.74, 6) is -0.864. The van der Waals surface area contributed by atoms with E-state index in [4.69, 9.17) is 9.47 Å². The average molecular weight is 415 g/mol.